The second kappa shape index (κ2) is 14.8. The van der Waals surface area contributed by atoms with Gasteiger partial charge in [-0.05, 0) is 51.7 Å². The maximum Gasteiger partial charge on any atom is 0.527 e. The Bertz CT molecular complexity index is 1400. The number of esters is 1. The number of benzene rings is 1. The fourth-order valence-electron chi connectivity index (χ4n) is 4.88. The molecule has 2 fully saturated rings. The first-order valence-corrected chi connectivity index (χ1v) is 14.7. The second-order valence-electron chi connectivity index (χ2n) is 10.4. The van der Waals surface area contributed by atoms with Gasteiger partial charge in [-0.25, -0.2) is 14.0 Å². The fourth-order valence-corrected chi connectivity index (χ4v) is 4.88. The predicted molar refractivity (Wildman–Crippen MR) is 152 cm³/mol. The number of carbonyl (C=O) groups excluding carboxylic acids is 4. The van der Waals surface area contributed by atoms with Crippen LogP contribution in [0, 0.1) is 5.82 Å². The van der Waals surface area contributed by atoms with Crippen LogP contribution in [0.25, 0.3) is 5.69 Å². The van der Waals surface area contributed by atoms with Crippen LogP contribution in [0.15, 0.2) is 30.3 Å². The normalized spacial score (nSPS) is 16.6. The third kappa shape index (κ3) is 8.06. The number of aromatic nitrogens is 2. The molecule has 45 heavy (non-hydrogen) atoms. The Hall–Kier alpha value is -4.73. The van der Waals surface area contributed by atoms with Crippen LogP contribution in [-0.4, -0.2) is 106 Å². The smallest absolute Gasteiger partial charge is 0.481 e. The van der Waals surface area contributed by atoms with Gasteiger partial charge in [0.15, 0.2) is 5.69 Å². The minimum absolute atomic E-state index is 0.0497. The van der Waals surface area contributed by atoms with Gasteiger partial charge >= 0.3 is 18.1 Å². The molecule has 1 saturated carbocycles. The molecule has 244 valence electrons. The lowest BCUT2D eigenvalue weighted by Gasteiger charge is -2.38. The van der Waals surface area contributed by atoms with Crippen molar-refractivity contribution < 1.29 is 52.5 Å². The average molecular weight is 634 g/mol. The van der Waals surface area contributed by atoms with Gasteiger partial charge < -0.3 is 34.4 Å². The summed E-state index contributed by atoms with van der Waals surface area (Å²) in [6.45, 7) is 4.16. The molecule has 1 saturated heterocycles. The van der Waals surface area contributed by atoms with E-state index in [1.165, 1.54) is 34.2 Å². The number of hydrogen-bond donors (Lipinski definition) is 2. The number of carboxylic acids is 1. The zero-order chi connectivity index (χ0) is 32.6. The average Bonchev–Trinajstić information content (AvgIpc) is 3.41. The lowest BCUT2D eigenvalue weighted by molar-refractivity contribution is -0.170. The molecule has 2 aromatic rings. The standard InChI is InChI=1S/C29H36FN5O10/c1-3-42-27(40)29(12-7-13-29)44-23-18-21(32-35(23)22-9-6-5-8-19(22)30)25(38)31-20(10-11-24(36)37)26(39)33-14-16-34(17-15-33)45-28(41)43-4-2/h5-6,8-9,18,20H,3-4,7,10-17H2,1-2H3,(H,31,38)(H,36,37)/t20-/m0/s1. The number of nitrogens with zero attached hydrogens (tertiary/aromatic N) is 4. The molecule has 2 amide bonds. The molecule has 2 aliphatic rings. The number of hydroxylamine groups is 2. The molecule has 0 bridgehead atoms. The van der Waals surface area contributed by atoms with E-state index in [1.54, 1.807) is 19.9 Å². The molecule has 1 aliphatic heterocycles. The van der Waals surface area contributed by atoms with E-state index in [0.717, 1.165) is 4.68 Å². The van der Waals surface area contributed by atoms with E-state index in [2.05, 4.69) is 10.4 Å². The summed E-state index contributed by atoms with van der Waals surface area (Å²) in [5.41, 5.74) is -1.63. The van der Waals surface area contributed by atoms with Crippen molar-refractivity contribution in [3.63, 3.8) is 0 Å². The monoisotopic (exact) mass is 633 g/mol. The van der Waals surface area contributed by atoms with Crippen LogP contribution in [0.2, 0.25) is 0 Å². The van der Waals surface area contributed by atoms with E-state index in [-0.39, 0.29) is 63.1 Å². The first kappa shape index (κ1) is 33.2. The topological polar surface area (TPSA) is 179 Å². The van der Waals surface area contributed by atoms with Crippen molar-refractivity contribution in [3.05, 3.63) is 41.8 Å². The van der Waals surface area contributed by atoms with Gasteiger partial charge in [0.2, 0.25) is 17.4 Å². The maximum atomic E-state index is 14.9. The van der Waals surface area contributed by atoms with Crippen molar-refractivity contribution in [3.8, 4) is 11.6 Å². The highest BCUT2D eigenvalue weighted by Crippen LogP contribution is 2.39. The van der Waals surface area contributed by atoms with Crippen molar-refractivity contribution >= 4 is 29.9 Å². The number of carbonyl (C=O) groups is 5. The van der Waals surface area contributed by atoms with Gasteiger partial charge in [0.1, 0.15) is 17.5 Å². The van der Waals surface area contributed by atoms with E-state index in [4.69, 9.17) is 19.0 Å². The molecule has 15 nitrogen and oxygen atoms in total. The molecular weight excluding hydrogens is 597 g/mol. The van der Waals surface area contributed by atoms with Gasteiger partial charge in [-0.1, -0.05) is 12.1 Å². The molecule has 4 rings (SSSR count). The van der Waals surface area contributed by atoms with E-state index in [0.29, 0.717) is 19.3 Å². The summed E-state index contributed by atoms with van der Waals surface area (Å²) in [6.07, 6.45) is -0.117. The van der Waals surface area contributed by atoms with E-state index < -0.39 is 53.8 Å². The largest absolute Gasteiger partial charge is 0.527 e. The van der Waals surface area contributed by atoms with E-state index in [1.807, 2.05) is 0 Å². The lowest BCUT2D eigenvalue weighted by atomic mass is 9.80. The minimum Gasteiger partial charge on any atom is -0.481 e. The molecule has 1 atom stereocenters. The van der Waals surface area contributed by atoms with Crippen LogP contribution in [-0.2, 0) is 28.7 Å². The number of nitrogens with one attached hydrogen (secondary N) is 1. The van der Waals surface area contributed by atoms with Crippen molar-refractivity contribution in [1.29, 1.82) is 0 Å². The first-order valence-electron chi connectivity index (χ1n) is 14.7. The third-order valence-corrected chi connectivity index (χ3v) is 7.37. The Morgan fingerprint density at radius 1 is 1.04 bits per heavy atom. The quantitative estimate of drug-likeness (QED) is 0.307. The zero-order valence-electron chi connectivity index (χ0n) is 25.0. The predicted octanol–water partition coefficient (Wildman–Crippen LogP) is 2.07. The Morgan fingerprint density at radius 3 is 2.33 bits per heavy atom. The van der Waals surface area contributed by atoms with Gasteiger partial charge in [0.05, 0.1) is 26.3 Å². The van der Waals surface area contributed by atoms with Gasteiger partial charge in [-0.3, -0.25) is 14.4 Å². The Kier molecular flexibility index (Phi) is 10.9. The van der Waals surface area contributed by atoms with Gasteiger partial charge in [-0.15, -0.1) is 5.06 Å². The summed E-state index contributed by atoms with van der Waals surface area (Å²) < 4.78 is 31.9. The summed E-state index contributed by atoms with van der Waals surface area (Å²) in [7, 11) is 0. The van der Waals surface area contributed by atoms with Crippen molar-refractivity contribution in [2.45, 2.75) is 57.6 Å². The Morgan fingerprint density at radius 2 is 1.73 bits per heavy atom. The number of hydrogen-bond acceptors (Lipinski definition) is 11. The van der Waals surface area contributed by atoms with Crippen LogP contribution >= 0.6 is 0 Å². The highest BCUT2D eigenvalue weighted by molar-refractivity contribution is 5.96. The summed E-state index contributed by atoms with van der Waals surface area (Å²) in [4.78, 5) is 69.1. The number of aliphatic carboxylic acids is 1. The highest BCUT2D eigenvalue weighted by Gasteiger charge is 2.49. The number of rotatable bonds is 13. The molecule has 0 spiro atoms. The van der Waals surface area contributed by atoms with Gasteiger partial charge in [0.25, 0.3) is 5.91 Å². The second-order valence-corrected chi connectivity index (χ2v) is 10.4. The van der Waals surface area contributed by atoms with Crippen LogP contribution in [0.1, 0.15) is 56.4 Å². The Labute approximate surface area is 258 Å². The van der Waals surface area contributed by atoms with Crippen LogP contribution in [0.5, 0.6) is 5.88 Å². The summed E-state index contributed by atoms with van der Waals surface area (Å²) >= 11 is 0. The van der Waals surface area contributed by atoms with Crippen molar-refractivity contribution in [2.75, 3.05) is 39.4 Å². The van der Waals surface area contributed by atoms with E-state index in [9.17, 15) is 33.5 Å². The molecular formula is C29H36FN5O10. The number of amides is 2. The van der Waals surface area contributed by atoms with Gasteiger partial charge in [-0.2, -0.15) is 9.78 Å². The number of para-hydroxylation sites is 1. The number of ether oxygens (including phenoxy) is 3. The summed E-state index contributed by atoms with van der Waals surface area (Å²) in [6, 6.07) is 5.63. The van der Waals surface area contributed by atoms with Crippen molar-refractivity contribution in [2.24, 2.45) is 0 Å². The van der Waals surface area contributed by atoms with Crippen LogP contribution in [0.4, 0.5) is 9.18 Å². The number of piperazine rings is 1. The minimum atomic E-state index is -1.33. The SMILES string of the molecule is CCOC(=O)ON1CCN(C(=O)[C@H](CCC(=O)O)NC(=O)c2cc(OC3(C(=O)OCC)CCC3)n(-c3ccccc3F)n2)CC1. The molecule has 0 unspecified atom stereocenters. The molecule has 2 heterocycles. The third-order valence-electron chi connectivity index (χ3n) is 7.37. The summed E-state index contributed by atoms with van der Waals surface area (Å²) in [5, 5.41) is 17.4. The Balaban J connectivity index is 1.54. The lowest BCUT2D eigenvalue weighted by Crippen LogP contribution is -2.55. The molecule has 2 N–H and O–H groups in total. The molecule has 0 radical (unpaired) electrons. The number of halogens is 1. The molecule has 1 aromatic carbocycles. The molecule has 1 aromatic heterocycles. The van der Waals surface area contributed by atoms with Gasteiger partial charge in [0, 0.05) is 25.6 Å². The fraction of sp³-hybridized carbons (Fsp3) is 0.517. The van der Waals surface area contributed by atoms with E-state index >= 15 is 0 Å². The molecule has 16 heteroatoms. The highest BCUT2D eigenvalue weighted by atomic mass is 19.1. The molecule has 1 aliphatic carbocycles. The first-order chi connectivity index (χ1) is 21.6. The van der Waals surface area contributed by atoms with Crippen LogP contribution in [0.3, 0.4) is 0 Å². The number of carboxylic acid groups (broad SMARTS) is 1. The summed E-state index contributed by atoms with van der Waals surface area (Å²) in [5.74, 6) is -3.90. The van der Waals surface area contributed by atoms with Crippen LogP contribution < -0.4 is 10.1 Å². The zero-order valence-corrected chi connectivity index (χ0v) is 25.0. The maximum absolute atomic E-state index is 14.9. The van der Waals surface area contributed by atoms with Crippen molar-refractivity contribution in [1.82, 2.24) is 25.1 Å².